The molecular formula is C13H16N2O4S. The van der Waals surface area contributed by atoms with E-state index in [2.05, 4.69) is 4.98 Å². The van der Waals surface area contributed by atoms with E-state index < -0.39 is 15.8 Å². The van der Waals surface area contributed by atoms with Crippen LogP contribution in [0.4, 0.5) is 0 Å². The fraction of sp³-hybridized carbons (Fsp3) is 0.385. The first kappa shape index (κ1) is 14.5. The monoisotopic (exact) mass is 296 g/mol. The molecule has 1 heterocycles. The standard InChI is InChI=1S/C13H16N2O4S/c1-15-9-5-3-6-10(20(2,18)19)13(9)14-11(15)7-4-8-12(16)17/h3,5-6H,4,7-8H2,1-2H3,(H,16,17). The first-order chi connectivity index (χ1) is 9.30. The summed E-state index contributed by atoms with van der Waals surface area (Å²) in [6.07, 6.45) is 2.20. The molecule has 0 spiro atoms. The number of carboxylic acids is 1. The largest absolute Gasteiger partial charge is 0.481 e. The second-order valence-corrected chi connectivity index (χ2v) is 6.71. The summed E-state index contributed by atoms with van der Waals surface area (Å²) < 4.78 is 25.3. The number of aromatic nitrogens is 2. The van der Waals surface area contributed by atoms with Crippen LogP contribution < -0.4 is 0 Å². The summed E-state index contributed by atoms with van der Waals surface area (Å²) in [6, 6.07) is 5.02. The molecule has 0 radical (unpaired) electrons. The van der Waals surface area contributed by atoms with Crippen LogP contribution in [0, 0.1) is 0 Å². The number of hydrogen-bond acceptors (Lipinski definition) is 4. The summed E-state index contributed by atoms with van der Waals surface area (Å²) in [4.78, 5) is 15.1. The average molecular weight is 296 g/mol. The fourth-order valence-electron chi connectivity index (χ4n) is 2.16. The summed E-state index contributed by atoms with van der Waals surface area (Å²) in [6.45, 7) is 0. The maximum Gasteiger partial charge on any atom is 0.303 e. The minimum Gasteiger partial charge on any atom is -0.481 e. The number of aliphatic carboxylic acids is 1. The Hall–Kier alpha value is -1.89. The van der Waals surface area contributed by atoms with Gasteiger partial charge >= 0.3 is 5.97 Å². The molecule has 0 fully saturated rings. The van der Waals surface area contributed by atoms with Crippen molar-refractivity contribution in [2.45, 2.75) is 24.2 Å². The van der Waals surface area contributed by atoms with Crippen LogP contribution in [0.25, 0.3) is 11.0 Å². The molecule has 0 saturated carbocycles. The summed E-state index contributed by atoms with van der Waals surface area (Å²) in [5, 5.41) is 8.64. The topological polar surface area (TPSA) is 89.3 Å². The van der Waals surface area contributed by atoms with Gasteiger partial charge in [-0.1, -0.05) is 6.07 Å². The molecule has 20 heavy (non-hydrogen) atoms. The molecule has 0 aliphatic rings. The third kappa shape index (κ3) is 2.82. The van der Waals surface area contributed by atoms with Crippen molar-refractivity contribution in [1.29, 1.82) is 0 Å². The summed E-state index contributed by atoms with van der Waals surface area (Å²) in [5.41, 5.74) is 1.18. The van der Waals surface area contributed by atoms with E-state index in [1.54, 1.807) is 19.2 Å². The molecule has 0 amide bonds. The van der Waals surface area contributed by atoms with Gasteiger partial charge in [0.05, 0.1) is 10.4 Å². The average Bonchev–Trinajstić information content (AvgIpc) is 2.65. The fourth-order valence-corrected chi connectivity index (χ4v) is 2.98. The molecule has 108 valence electrons. The van der Waals surface area contributed by atoms with Gasteiger partial charge in [-0.15, -0.1) is 0 Å². The molecule has 6 nitrogen and oxygen atoms in total. The lowest BCUT2D eigenvalue weighted by Gasteiger charge is -2.01. The Morgan fingerprint density at radius 1 is 1.40 bits per heavy atom. The van der Waals surface area contributed by atoms with Crippen molar-refractivity contribution >= 4 is 26.8 Å². The van der Waals surface area contributed by atoms with Crippen LogP contribution in [0.5, 0.6) is 0 Å². The number of carboxylic acid groups (broad SMARTS) is 1. The van der Waals surface area contributed by atoms with Gasteiger partial charge in [0, 0.05) is 26.1 Å². The smallest absolute Gasteiger partial charge is 0.303 e. The maximum absolute atomic E-state index is 11.7. The Labute approximate surface area is 117 Å². The third-order valence-corrected chi connectivity index (χ3v) is 4.29. The van der Waals surface area contributed by atoms with E-state index in [9.17, 15) is 13.2 Å². The summed E-state index contributed by atoms with van der Waals surface area (Å²) >= 11 is 0. The van der Waals surface area contributed by atoms with E-state index in [4.69, 9.17) is 5.11 Å². The van der Waals surface area contributed by atoms with Gasteiger partial charge in [-0.05, 0) is 18.6 Å². The second kappa shape index (κ2) is 5.24. The number of benzene rings is 1. The summed E-state index contributed by atoms with van der Waals surface area (Å²) in [7, 11) is -1.53. The normalized spacial score (nSPS) is 11.9. The molecule has 1 N–H and O–H groups in total. The quantitative estimate of drug-likeness (QED) is 0.900. The molecule has 1 aromatic heterocycles. The molecule has 1 aromatic carbocycles. The van der Waals surface area contributed by atoms with Crippen LogP contribution in [0.3, 0.4) is 0 Å². The zero-order valence-corrected chi connectivity index (χ0v) is 12.1. The molecule has 2 rings (SSSR count). The molecule has 2 aromatic rings. The Balaban J connectivity index is 2.44. The van der Waals surface area contributed by atoms with E-state index in [0.29, 0.717) is 24.2 Å². The lowest BCUT2D eigenvalue weighted by Crippen LogP contribution is -2.01. The number of para-hydroxylation sites is 1. The number of sulfone groups is 1. The first-order valence-electron chi connectivity index (χ1n) is 6.17. The lowest BCUT2D eigenvalue weighted by molar-refractivity contribution is -0.137. The van der Waals surface area contributed by atoms with Crippen molar-refractivity contribution in [3.63, 3.8) is 0 Å². The number of nitrogens with zero attached hydrogens (tertiary/aromatic N) is 2. The zero-order chi connectivity index (χ0) is 14.9. The van der Waals surface area contributed by atoms with Crippen LogP contribution in [0.2, 0.25) is 0 Å². The van der Waals surface area contributed by atoms with Gasteiger partial charge in [-0.3, -0.25) is 4.79 Å². The molecule has 0 saturated heterocycles. The second-order valence-electron chi connectivity index (χ2n) is 4.73. The van der Waals surface area contributed by atoms with Crippen LogP contribution in [-0.4, -0.2) is 35.3 Å². The van der Waals surface area contributed by atoms with Gasteiger partial charge in [0.25, 0.3) is 0 Å². The lowest BCUT2D eigenvalue weighted by atomic mass is 10.2. The highest BCUT2D eigenvalue weighted by Gasteiger charge is 2.17. The molecular weight excluding hydrogens is 280 g/mol. The van der Waals surface area contributed by atoms with Crippen LogP contribution in [-0.2, 0) is 28.1 Å². The number of imidazole rings is 1. The Kier molecular flexibility index (Phi) is 3.80. The van der Waals surface area contributed by atoms with Crippen molar-refractivity contribution in [2.24, 2.45) is 7.05 Å². The van der Waals surface area contributed by atoms with Gasteiger partial charge in [0.1, 0.15) is 11.3 Å². The highest BCUT2D eigenvalue weighted by atomic mass is 32.2. The van der Waals surface area contributed by atoms with Gasteiger partial charge in [-0.2, -0.15) is 0 Å². The van der Waals surface area contributed by atoms with Crippen molar-refractivity contribution in [1.82, 2.24) is 9.55 Å². The Morgan fingerprint density at radius 3 is 2.70 bits per heavy atom. The van der Waals surface area contributed by atoms with E-state index in [1.807, 2.05) is 4.57 Å². The van der Waals surface area contributed by atoms with Crippen molar-refractivity contribution in [3.8, 4) is 0 Å². The van der Waals surface area contributed by atoms with Gasteiger partial charge in [-0.25, -0.2) is 13.4 Å². The molecule has 0 aliphatic carbocycles. The highest BCUT2D eigenvalue weighted by Crippen LogP contribution is 2.23. The Bertz CT molecular complexity index is 762. The zero-order valence-electron chi connectivity index (χ0n) is 11.3. The number of hydrogen-bond donors (Lipinski definition) is 1. The van der Waals surface area contributed by atoms with Crippen LogP contribution >= 0.6 is 0 Å². The van der Waals surface area contributed by atoms with Crippen LogP contribution in [0.15, 0.2) is 23.1 Å². The molecule has 7 heteroatoms. The van der Waals surface area contributed by atoms with E-state index in [0.717, 1.165) is 11.8 Å². The minimum absolute atomic E-state index is 0.0716. The first-order valence-corrected chi connectivity index (χ1v) is 8.06. The summed E-state index contributed by atoms with van der Waals surface area (Å²) in [5.74, 6) is -0.155. The number of fused-ring (bicyclic) bond motifs is 1. The Morgan fingerprint density at radius 2 is 2.10 bits per heavy atom. The van der Waals surface area contributed by atoms with Crippen LogP contribution in [0.1, 0.15) is 18.7 Å². The van der Waals surface area contributed by atoms with Gasteiger partial charge < -0.3 is 9.67 Å². The van der Waals surface area contributed by atoms with Gasteiger partial charge in [0.15, 0.2) is 9.84 Å². The maximum atomic E-state index is 11.7. The van der Waals surface area contributed by atoms with E-state index >= 15 is 0 Å². The van der Waals surface area contributed by atoms with E-state index in [1.165, 1.54) is 6.07 Å². The molecule has 0 aliphatic heterocycles. The van der Waals surface area contributed by atoms with Crippen molar-refractivity contribution in [2.75, 3.05) is 6.26 Å². The van der Waals surface area contributed by atoms with Crippen molar-refractivity contribution in [3.05, 3.63) is 24.0 Å². The van der Waals surface area contributed by atoms with Gasteiger partial charge in [0.2, 0.25) is 0 Å². The third-order valence-electron chi connectivity index (χ3n) is 3.16. The molecule has 0 unspecified atom stereocenters. The molecule has 0 atom stereocenters. The molecule has 0 bridgehead atoms. The SMILES string of the molecule is Cn1c(CCCC(=O)O)nc2c(S(C)(=O)=O)cccc21. The number of carbonyl (C=O) groups is 1. The van der Waals surface area contributed by atoms with Crippen molar-refractivity contribution < 1.29 is 18.3 Å². The highest BCUT2D eigenvalue weighted by molar-refractivity contribution is 7.91. The number of rotatable bonds is 5. The predicted octanol–water partition coefficient (Wildman–Crippen LogP) is 1.38. The predicted molar refractivity (Wildman–Crippen MR) is 74.4 cm³/mol. The number of aryl methyl sites for hydroxylation is 2. The minimum atomic E-state index is -3.34. The van der Waals surface area contributed by atoms with E-state index in [-0.39, 0.29) is 11.3 Å².